The molecular weight excluding hydrogens is 649 g/mol. The monoisotopic (exact) mass is 672 g/mol. The minimum absolute atomic E-state index is 0.833. The summed E-state index contributed by atoms with van der Waals surface area (Å²) < 4.78 is 17.3. The zero-order valence-electron chi connectivity index (χ0n) is 26.5. The third-order valence-electron chi connectivity index (χ3n) is 10.5. The van der Waals surface area contributed by atoms with E-state index >= 15 is 0 Å². The molecular formula is C46H24O2S2. The number of fused-ring (bicyclic) bond motifs is 13. The van der Waals surface area contributed by atoms with E-state index < -0.39 is 0 Å². The molecule has 0 N–H and O–H groups in total. The summed E-state index contributed by atoms with van der Waals surface area (Å²) in [5, 5.41) is 15.4. The van der Waals surface area contributed by atoms with Crippen molar-refractivity contribution >= 4 is 118 Å². The summed E-state index contributed by atoms with van der Waals surface area (Å²) >= 11 is 3.70. The fourth-order valence-corrected chi connectivity index (χ4v) is 10.4. The molecule has 0 saturated heterocycles. The quantitative estimate of drug-likeness (QED) is 0.171. The molecule has 50 heavy (non-hydrogen) atoms. The van der Waals surface area contributed by atoms with Crippen molar-refractivity contribution in [1.82, 2.24) is 0 Å². The third-order valence-corrected chi connectivity index (χ3v) is 12.5. The van der Waals surface area contributed by atoms with Crippen LogP contribution < -0.4 is 0 Å². The highest BCUT2D eigenvalue weighted by Gasteiger charge is 2.24. The van der Waals surface area contributed by atoms with E-state index in [0.717, 1.165) is 49.4 Å². The Bertz CT molecular complexity index is 3330. The third kappa shape index (κ3) is 3.56. The summed E-state index contributed by atoms with van der Waals surface area (Å²) in [4.78, 5) is 0. The van der Waals surface area contributed by atoms with E-state index in [9.17, 15) is 0 Å². The van der Waals surface area contributed by atoms with Gasteiger partial charge in [0.25, 0.3) is 0 Å². The predicted octanol–water partition coefficient (Wildman–Crippen LogP) is 14.7. The van der Waals surface area contributed by atoms with Crippen molar-refractivity contribution in [3.05, 3.63) is 145 Å². The van der Waals surface area contributed by atoms with Crippen molar-refractivity contribution in [1.29, 1.82) is 0 Å². The number of rotatable bonds is 2. The Balaban J connectivity index is 1.21. The highest BCUT2D eigenvalue weighted by atomic mass is 32.1. The molecule has 0 fully saturated rings. The number of furan rings is 2. The van der Waals surface area contributed by atoms with Gasteiger partial charge in [-0.3, -0.25) is 0 Å². The predicted molar refractivity (Wildman–Crippen MR) is 215 cm³/mol. The SMILES string of the molecule is c1ccc2c(c1)oc1c2c(-c2c3ccccc3c(-c3ccc4c(c3)sc3cc5ccsc5cc34)c3ccccc23)cc2oc3ccccc3c21. The van der Waals surface area contributed by atoms with Crippen molar-refractivity contribution in [2.45, 2.75) is 0 Å². The van der Waals surface area contributed by atoms with E-state index in [4.69, 9.17) is 8.83 Å². The van der Waals surface area contributed by atoms with E-state index in [1.165, 1.54) is 68.5 Å². The Hall–Kier alpha value is -5.94. The van der Waals surface area contributed by atoms with Crippen LogP contribution in [-0.2, 0) is 0 Å². The second-order valence-electron chi connectivity index (χ2n) is 13.2. The van der Waals surface area contributed by atoms with Crippen LogP contribution in [0.2, 0.25) is 0 Å². The molecule has 232 valence electrons. The van der Waals surface area contributed by atoms with Gasteiger partial charge in [0.15, 0.2) is 0 Å². The summed E-state index contributed by atoms with van der Waals surface area (Å²) in [5.74, 6) is 0. The molecule has 4 heterocycles. The Labute approximate surface area is 293 Å². The van der Waals surface area contributed by atoms with Gasteiger partial charge in [0.05, 0.1) is 5.39 Å². The van der Waals surface area contributed by atoms with Gasteiger partial charge in [0.1, 0.15) is 22.3 Å². The summed E-state index contributed by atoms with van der Waals surface area (Å²) in [5.41, 5.74) is 8.26. The molecule has 0 atom stereocenters. The molecule has 8 aromatic carbocycles. The zero-order valence-corrected chi connectivity index (χ0v) is 28.1. The standard InChI is InChI=1S/C46H24O2S2/c1-3-11-30-28(9-1)42(26-17-18-27-34-24-39-25(19-20-49-39)21-41(34)50-40(27)22-26)29-10-2-4-12-31(29)43(30)35-23-38-45(33-14-6-7-15-36(33)47-38)46-44(35)32-13-5-8-16-37(32)48-46/h1-24H. The van der Waals surface area contributed by atoms with Crippen LogP contribution in [0.3, 0.4) is 0 Å². The lowest BCUT2D eigenvalue weighted by molar-refractivity contribution is 0.663. The average Bonchev–Trinajstić information content (AvgIpc) is 3.94. The molecule has 0 aliphatic heterocycles. The van der Waals surface area contributed by atoms with Crippen molar-refractivity contribution in [3.63, 3.8) is 0 Å². The van der Waals surface area contributed by atoms with E-state index in [0.29, 0.717) is 0 Å². The van der Waals surface area contributed by atoms with Crippen LogP contribution in [0.1, 0.15) is 0 Å². The van der Waals surface area contributed by atoms with Crippen molar-refractivity contribution in [2.24, 2.45) is 0 Å². The van der Waals surface area contributed by atoms with E-state index in [-0.39, 0.29) is 0 Å². The van der Waals surface area contributed by atoms with Crippen molar-refractivity contribution < 1.29 is 8.83 Å². The molecule has 0 saturated carbocycles. The van der Waals surface area contributed by atoms with E-state index in [2.05, 4.69) is 127 Å². The smallest absolute Gasteiger partial charge is 0.147 e. The normalized spacial score (nSPS) is 12.4. The molecule has 12 aromatic rings. The van der Waals surface area contributed by atoms with Crippen molar-refractivity contribution in [3.8, 4) is 22.3 Å². The molecule has 0 bridgehead atoms. The van der Waals surface area contributed by atoms with Crippen LogP contribution >= 0.6 is 22.7 Å². The summed E-state index contributed by atoms with van der Waals surface area (Å²) in [6.07, 6.45) is 0. The molecule has 0 unspecified atom stereocenters. The maximum Gasteiger partial charge on any atom is 0.147 e. The number of hydrogen-bond donors (Lipinski definition) is 0. The van der Waals surface area contributed by atoms with Gasteiger partial charge >= 0.3 is 0 Å². The van der Waals surface area contributed by atoms with Gasteiger partial charge in [0.2, 0.25) is 0 Å². The summed E-state index contributed by atoms with van der Waals surface area (Å²) in [7, 11) is 0. The van der Waals surface area contributed by atoms with Crippen LogP contribution in [0.25, 0.3) is 118 Å². The molecule has 0 aliphatic rings. The average molecular weight is 673 g/mol. The first-order chi connectivity index (χ1) is 24.8. The van der Waals surface area contributed by atoms with Crippen molar-refractivity contribution in [2.75, 3.05) is 0 Å². The first-order valence-electron chi connectivity index (χ1n) is 16.8. The minimum Gasteiger partial charge on any atom is -0.456 e. The van der Waals surface area contributed by atoms with Gasteiger partial charge in [-0.15, -0.1) is 22.7 Å². The highest BCUT2D eigenvalue weighted by molar-refractivity contribution is 7.26. The summed E-state index contributed by atoms with van der Waals surface area (Å²) in [6, 6.07) is 50.7. The Morgan fingerprint density at radius 1 is 0.400 bits per heavy atom. The molecule has 0 radical (unpaired) electrons. The molecule has 2 nitrogen and oxygen atoms in total. The van der Waals surface area contributed by atoms with Gasteiger partial charge in [-0.2, -0.15) is 0 Å². The second kappa shape index (κ2) is 9.82. The van der Waals surface area contributed by atoms with Gasteiger partial charge in [-0.1, -0.05) is 97.1 Å². The number of benzene rings is 8. The lowest BCUT2D eigenvalue weighted by Crippen LogP contribution is -1.91. The highest BCUT2D eigenvalue weighted by Crippen LogP contribution is 2.50. The Morgan fingerprint density at radius 2 is 1.02 bits per heavy atom. The first-order valence-corrected chi connectivity index (χ1v) is 18.5. The molecule has 0 spiro atoms. The second-order valence-corrected chi connectivity index (χ2v) is 15.2. The zero-order chi connectivity index (χ0) is 32.5. The van der Waals surface area contributed by atoms with Gasteiger partial charge in [-0.25, -0.2) is 0 Å². The van der Waals surface area contributed by atoms with E-state index in [1.54, 1.807) is 0 Å². The Kier molecular flexibility index (Phi) is 5.29. The fourth-order valence-electron chi connectivity index (χ4n) is 8.41. The van der Waals surface area contributed by atoms with Crippen LogP contribution in [0.4, 0.5) is 0 Å². The maximum absolute atomic E-state index is 6.74. The van der Waals surface area contributed by atoms with Gasteiger partial charge in [0, 0.05) is 41.0 Å². The van der Waals surface area contributed by atoms with Crippen LogP contribution in [-0.4, -0.2) is 0 Å². The topological polar surface area (TPSA) is 26.3 Å². The number of thiophene rings is 2. The van der Waals surface area contributed by atoms with Gasteiger partial charge < -0.3 is 8.83 Å². The minimum atomic E-state index is 0.833. The molecule has 4 aromatic heterocycles. The van der Waals surface area contributed by atoms with Crippen LogP contribution in [0, 0.1) is 0 Å². The summed E-state index contributed by atoms with van der Waals surface area (Å²) in [6.45, 7) is 0. The number of hydrogen-bond acceptors (Lipinski definition) is 4. The van der Waals surface area contributed by atoms with Crippen LogP contribution in [0.15, 0.2) is 154 Å². The number of para-hydroxylation sites is 2. The lowest BCUT2D eigenvalue weighted by atomic mass is 9.84. The largest absolute Gasteiger partial charge is 0.456 e. The van der Waals surface area contributed by atoms with Gasteiger partial charge in [-0.05, 0) is 97.0 Å². The van der Waals surface area contributed by atoms with E-state index in [1.807, 2.05) is 40.9 Å². The first kappa shape index (κ1) is 26.9. The molecule has 0 amide bonds. The Morgan fingerprint density at radius 3 is 1.76 bits per heavy atom. The fraction of sp³-hybridized carbons (Fsp3) is 0. The molecule has 0 aliphatic carbocycles. The maximum atomic E-state index is 6.74. The van der Waals surface area contributed by atoms with Crippen LogP contribution in [0.5, 0.6) is 0 Å². The molecule has 4 heteroatoms. The molecule has 12 rings (SSSR count). The lowest BCUT2D eigenvalue weighted by Gasteiger charge is -2.18.